The van der Waals surface area contributed by atoms with Crippen LogP contribution in [0.2, 0.25) is 0 Å². The summed E-state index contributed by atoms with van der Waals surface area (Å²) >= 11 is 3.38. The Hall–Kier alpha value is -1.08. The number of fused-ring (bicyclic) bond motifs is 1. The van der Waals surface area contributed by atoms with Crippen LogP contribution < -0.4 is 0 Å². The third-order valence-electron chi connectivity index (χ3n) is 2.21. The van der Waals surface area contributed by atoms with Crippen LogP contribution in [0.15, 0.2) is 48.5 Å². The topological polar surface area (TPSA) is 0 Å². The first-order valence-corrected chi connectivity index (χ1v) is 5.74. The summed E-state index contributed by atoms with van der Waals surface area (Å²) in [7, 11) is 0. The van der Waals surface area contributed by atoms with Crippen LogP contribution in [0.4, 0.5) is 0 Å². The Bertz CT molecular complexity index is 452. The molecule has 0 radical (unpaired) electrons. The van der Waals surface area contributed by atoms with Gasteiger partial charge in [-0.2, -0.15) is 0 Å². The Morgan fingerprint density at radius 3 is 2.64 bits per heavy atom. The van der Waals surface area contributed by atoms with Gasteiger partial charge in [0.25, 0.3) is 0 Å². The number of hydrogen-bond donors (Lipinski definition) is 0. The zero-order chi connectivity index (χ0) is 9.80. The van der Waals surface area contributed by atoms with E-state index in [1.54, 1.807) is 0 Å². The zero-order valence-corrected chi connectivity index (χ0v) is 9.37. The molecule has 0 unspecified atom stereocenters. The highest BCUT2D eigenvalue weighted by Crippen LogP contribution is 2.19. The zero-order valence-electron chi connectivity index (χ0n) is 7.78. The molecule has 0 heterocycles. The third-order valence-corrected chi connectivity index (χ3v) is 2.58. The van der Waals surface area contributed by atoms with Gasteiger partial charge in [-0.15, -0.1) is 0 Å². The van der Waals surface area contributed by atoms with Gasteiger partial charge < -0.3 is 0 Å². The fourth-order valence-corrected chi connectivity index (χ4v) is 1.75. The predicted molar refractivity (Wildman–Crippen MR) is 66.8 cm³/mol. The number of rotatable bonds is 2. The number of alkyl halides is 1. The van der Waals surface area contributed by atoms with Crippen molar-refractivity contribution < 1.29 is 0 Å². The predicted octanol–water partition coefficient (Wildman–Crippen LogP) is 4.25. The van der Waals surface area contributed by atoms with E-state index in [2.05, 4.69) is 70.5 Å². The molecule has 0 fully saturated rings. The first-order chi connectivity index (χ1) is 6.92. The summed E-state index contributed by atoms with van der Waals surface area (Å²) < 4.78 is 0. The Morgan fingerprint density at radius 2 is 1.79 bits per heavy atom. The van der Waals surface area contributed by atoms with E-state index in [9.17, 15) is 0 Å². The van der Waals surface area contributed by atoms with E-state index in [0.29, 0.717) is 0 Å². The second kappa shape index (κ2) is 4.43. The Balaban J connectivity index is 2.59. The molecule has 0 aliphatic rings. The van der Waals surface area contributed by atoms with Gasteiger partial charge in [0.2, 0.25) is 0 Å². The maximum atomic E-state index is 3.38. The van der Waals surface area contributed by atoms with Crippen LogP contribution in [0.25, 0.3) is 16.8 Å². The molecule has 2 aromatic rings. The van der Waals surface area contributed by atoms with E-state index >= 15 is 0 Å². The Labute approximate surface area is 92.4 Å². The number of benzene rings is 2. The van der Waals surface area contributed by atoms with Crippen molar-refractivity contribution in [3.63, 3.8) is 0 Å². The lowest BCUT2D eigenvalue weighted by Crippen LogP contribution is -1.77. The van der Waals surface area contributed by atoms with Crippen molar-refractivity contribution in [1.29, 1.82) is 0 Å². The van der Waals surface area contributed by atoms with Gasteiger partial charge in [-0.05, 0) is 16.3 Å². The molecule has 2 aromatic carbocycles. The van der Waals surface area contributed by atoms with Crippen LogP contribution in [0, 0.1) is 0 Å². The fourth-order valence-electron chi connectivity index (χ4n) is 1.57. The van der Waals surface area contributed by atoms with E-state index in [-0.39, 0.29) is 0 Å². The summed E-state index contributed by atoms with van der Waals surface area (Å²) in [6, 6.07) is 14.8. The molecular formula is C13H11Br. The van der Waals surface area contributed by atoms with Gasteiger partial charge >= 0.3 is 0 Å². The minimum atomic E-state index is 0.899. The van der Waals surface area contributed by atoms with E-state index in [4.69, 9.17) is 0 Å². The lowest BCUT2D eigenvalue weighted by molar-refractivity contribution is 1.70. The van der Waals surface area contributed by atoms with Crippen LogP contribution in [-0.4, -0.2) is 5.33 Å². The maximum Gasteiger partial charge on any atom is 0.0215 e. The van der Waals surface area contributed by atoms with Crippen LogP contribution >= 0.6 is 15.9 Å². The van der Waals surface area contributed by atoms with Gasteiger partial charge in [0.1, 0.15) is 0 Å². The van der Waals surface area contributed by atoms with Gasteiger partial charge in [-0.3, -0.25) is 0 Å². The maximum absolute atomic E-state index is 3.38. The van der Waals surface area contributed by atoms with Crippen LogP contribution in [0.1, 0.15) is 5.56 Å². The summed E-state index contributed by atoms with van der Waals surface area (Å²) in [5, 5.41) is 3.51. The van der Waals surface area contributed by atoms with E-state index in [1.165, 1.54) is 16.3 Å². The highest BCUT2D eigenvalue weighted by atomic mass is 79.9. The van der Waals surface area contributed by atoms with Crippen molar-refractivity contribution in [2.45, 2.75) is 0 Å². The molecule has 0 spiro atoms. The molecule has 70 valence electrons. The summed E-state index contributed by atoms with van der Waals surface area (Å²) in [6.45, 7) is 0. The second-order valence-electron chi connectivity index (χ2n) is 3.13. The van der Waals surface area contributed by atoms with Crippen molar-refractivity contribution >= 4 is 32.8 Å². The van der Waals surface area contributed by atoms with E-state index < -0.39 is 0 Å². The molecular weight excluding hydrogens is 236 g/mol. The molecule has 0 aliphatic heterocycles. The second-order valence-corrected chi connectivity index (χ2v) is 3.77. The van der Waals surface area contributed by atoms with Crippen LogP contribution in [0.3, 0.4) is 0 Å². The average Bonchev–Trinajstić information content (AvgIpc) is 2.26. The summed E-state index contributed by atoms with van der Waals surface area (Å²) in [4.78, 5) is 0. The lowest BCUT2D eigenvalue weighted by Gasteiger charge is -2.00. The number of hydrogen-bond acceptors (Lipinski definition) is 0. The van der Waals surface area contributed by atoms with Crippen molar-refractivity contribution in [3.05, 3.63) is 54.1 Å². The van der Waals surface area contributed by atoms with Crippen LogP contribution in [-0.2, 0) is 0 Å². The smallest absolute Gasteiger partial charge is 0.0215 e. The van der Waals surface area contributed by atoms with Crippen molar-refractivity contribution in [2.24, 2.45) is 0 Å². The average molecular weight is 247 g/mol. The highest BCUT2D eigenvalue weighted by molar-refractivity contribution is 9.09. The SMILES string of the molecule is BrC/C=C/c1cccc2ccccc12. The standard InChI is InChI=1S/C13H11Br/c14-10-4-8-12-7-3-6-11-5-1-2-9-13(11)12/h1-9H,10H2/b8-4+. The molecule has 0 amide bonds. The molecule has 2 rings (SSSR count). The first kappa shape index (κ1) is 9.47. The summed E-state index contributed by atoms with van der Waals surface area (Å²) in [5.74, 6) is 0. The minimum absolute atomic E-state index is 0.899. The molecule has 0 bridgehead atoms. The van der Waals surface area contributed by atoms with Crippen molar-refractivity contribution in [2.75, 3.05) is 5.33 Å². The van der Waals surface area contributed by atoms with Crippen LogP contribution in [0.5, 0.6) is 0 Å². The van der Waals surface area contributed by atoms with Gasteiger partial charge in [0, 0.05) is 5.33 Å². The molecule has 1 heteroatoms. The van der Waals surface area contributed by atoms with Crippen molar-refractivity contribution in [1.82, 2.24) is 0 Å². The third kappa shape index (κ3) is 1.88. The monoisotopic (exact) mass is 246 g/mol. The normalized spacial score (nSPS) is 11.2. The van der Waals surface area contributed by atoms with Gasteiger partial charge in [-0.25, -0.2) is 0 Å². The molecule has 14 heavy (non-hydrogen) atoms. The number of halogens is 1. The fraction of sp³-hybridized carbons (Fsp3) is 0.0769. The molecule has 0 atom stereocenters. The Morgan fingerprint density at radius 1 is 1.00 bits per heavy atom. The molecule has 0 aromatic heterocycles. The first-order valence-electron chi connectivity index (χ1n) is 4.62. The molecule has 0 aliphatic carbocycles. The summed E-state index contributed by atoms with van der Waals surface area (Å²) in [5.41, 5.74) is 1.28. The molecule has 0 N–H and O–H groups in total. The minimum Gasteiger partial charge on any atom is -0.0883 e. The molecule has 0 saturated carbocycles. The highest BCUT2D eigenvalue weighted by Gasteiger charge is 1.94. The summed E-state index contributed by atoms with van der Waals surface area (Å²) in [6.07, 6.45) is 4.26. The number of allylic oxidation sites excluding steroid dienone is 1. The van der Waals surface area contributed by atoms with E-state index in [1.807, 2.05) is 0 Å². The van der Waals surface area contributed by atoms with Gasteiger partial charge in [0.05, 0.1) is 0 Å². The Kier molecular flexibility index (Phi) is 3.00. The van der Waals surface area contributed by atoms with E-state index in [0.717, 1.165) is 5.33 Å². The molecule has 0 nitrogen and oxygen atoms in total. The molecule has 0 saturated heterocycles. The largest absolute Gasteiger partial charge is 0.0883 e. The van der Waals surface area contributed by atoms with Gasteiger partial charge in [-0.1, -0.05) is 70.5 Å². The van der Waals surface area contributed by atoms with Gasteiger partial charge in [0.15, 0.2) is 0 Å². The lowest BCUT2D eigenvalue weighted by atomic mass is 10.0. The van der Waals surface area contributed by atoms with Crippen molar-refractivity contribution in [3.8, 4) is 0 Å². The quantitative estimate of drug-likeness (QED) is 0.696.